The van der Waals surface area contributed by atoms with Crippen molar-refractivity contribution in [1.82, 2.24) is 4.90 Å². The summed E-state index contributed by atoms with van der Waals surface area (Å²) in [5.74, 6) is -0.0489. The van der Waals surface area contributed by atoms with Gasteiger partial charge in [-0.1, -0.05) is 6.07 Å². The molecule has 0 saturated carbocycles. The first-order chi connectivity index (χ1) is 13.1. The summed E-state index contributed by atoms with van der Waals surface area (Å²) < 4.78 is 38.4. The lowest BCUT2D eigenvalue weighted by Crippen LogP contribution is -2.14. The van der Waals surface area contributed by atoms with Crippen LogP contribution < -0.4 is 0 Å². The van der Waals surface area contributed by atoms with Gasteiger partial charge >= 0.3 is 6.18 Å². The number of carbonyl (C=O) groups excluding carboxylic acids is 1. The number of thioether (sulfide) groups is 1. The zero-order chi connectivity index (χ0) is 20.9. The van der Waals surface area contributed by atoms with Gasteiger partial charge in [-0.2, -0.15) is 13.2 Å². The summed E-state index contributed by atoms with van der Waals surface area (Å²) in [6, 6.07) is 8.67. The molecule has 0 radical (unpaired) electrons. The van der Waals surface area contributed by atoms with E-state index in [2.05, 4.69) is 4.99 Å². The molecule has 0 unspecified atom stereocenters. The van der Waals surface area contributed by atoms with E-state index in [-0.39, 0.29) is 11.5 Å². The van der Waals surface area contributed by atoms with Gasteiger partial charge < -0.3 is 4.90 Å². The second-order valence-electron chi connectivity index (χ2n) is 6.51. The summed E-state index contributed by atoms with van der Waals surface area (Å²) in [6.07, 6.45) is -2.65. The maximum absolute atomic E-state index is 12.8. The number of benzene rings is 2. The van der Waals surface area contributed by atoms with Crippen LogP contribution in [-0.4, -0.2) is 36.4 Å². The molecule has 2 aromatic rings. The lowest BCUT2D eigenvalue weighted by molar-refractivity contribution is -0.137. The van der Waals surface area contributed by atoms with Gasteiger partial charge in [-0.3, -0.25) is 4.79 Å². The van der Waals surface area contributed by atoms with E-state index >= 15 is 0 Å². The van der Waals surface area contributed by atoms with Gasteiger partial charge in [-0.15, -0.1) is 11.8 Å². The van der Waals surface area contributed by atoms with Crippen molar-refractivity contribution in [2.75, 3.05) is 19.3 Å². The van der Waals surface area contributed by atoms with Crippen molar-refractivity contribution in [3.05, 3.63) is 58.7 Å². The van der Waals surface area contributed by atoms with Gasteiger partial charge in [0.25, 0.3) is 0 Å². The molecule has 0 fully saturated rings. The minimum absolute atomic E-state index is 0.0722. The maximum Gasteiger partial charge on any atom is 0.416 e. The van der Waals surface area contributed by atoms with Crippen LogP contribution in [0.2, 0.25) is 0 Å². The number of aliphatic imine (C=N–C) groups is 1. The van der Waals surface area contributed by atoms with Crippen LogP contribution >= 0.6 is 11.8 Å². The number of Topliss-reactive ketones (excluding diaryl/α,β-unsaturated/α-hetero) is 1. The van der Waals surface area contributed by atoms with E-state index in [1.807, 2.05) is 38.8 Å². The van der Waals surface area contributed by atoms with E-state index in [1.54, 1.807) is 18.5 Å². The molecule has 0 atom stereocenters. The number of hydrogen-bond acceptors (Lipinski definition) is 3. The molecule has 28 heavy (non-hydrogen) atoms. The molecule has 0 aliphatic carbocycles. The predicted molar refractivity (Wildman–Crippen MR) is 109 cm³/mol. The van der Waals surface area contributed by atoms with Crippen molar-refractivity contribution in [3.8, 4) is 0 Å². The van der Waals surface area contributed by atoms with Gasteiger partial charge in [0.15, 0.2) is 5.78 Å². The molecule has 0 saturated heterocycles. The minimum atomic E-state index is -4.39. The largest absolute Gasteiger partial charge is 0.416 e. The Kier molecular flexibility index (Phi) is 7.29. The Morgan fingerprint density at radius 1 is 1.18 bits per heavy atom. The normalized spacial score (nSPS) is 11.8. The topological polar surface area (TPSA) is 32.7 Å². The fraction of sp³-hybridized carbons (Fsp3) is 0.333. The number of hydrogen-bond donors (Lipinski definition) is 0. The fourth-order valence-electron chi connectivity index (χ4n) is 2.47. The molecule has 0 spiro atoms. The van der Waals surface area contributed by atoms with Crippen molar-refractivity contribution >= 4 is 29.6 Å². The Morgan fingerprint density at radius 2 is 1.89 bits per heavy atom. The molecule has 2 aromatic carbocycles. The number of rotatable bonds is 7. The number of alkyl halides is 3. The summed E-state index contributed by atoms with van der Waals surface area (Å²) in [7, 11) is 1.93. The minimum Gasteiger partial charge on any atom is -0.366 e. The van der Waals surface area contributed by atoms with Gasteiger partial charge in [0.05, 0.1) is 23.3 Å². The highest BCUT2D eigenvalue weighted by molar-refractivity contribution is 8.00. The molecule has 0 aliphatic heterocycles. The molecule has 3 nitrogen and oxygen atoms in total. The third kappa shape index (κ3) is 5.86. The van der Waals surface area contributed by atoms with Crippen LogP contribution in [-0.2, 0) is 6.18 Å². The molecule has 0 N–H and O–H groups in total. The quantitative estimate of drug-likeness (QED) is 0.247. The van der Waals surface area contributed by atoms with Crippen LogP contribution in [0.25, 0.3) is 0 Å². The second-order valence-corrected chi connectivity index (χ2v) is 7.56. The third-order valence-electron chi connectivity index (χ3n) is 4.27. The van der Waals surface area contributed by atoms with Crippen molar-refractivity contribution in [2.24, 2.45) is 4.99 Å². The van der Waals surface area contributed by atoms with Gasteiger partial charge in [-0.05, 0) is 62.2 Å². The van der Waals surface area contributed by atoms with Crippen LogP contribution in [0.1, 0.15) is 34.0 Å². The average Bonchev–Trinajstić information content (AvgIpc) is 2.65. The Bertz CT molecular complexity index is 878. The van der Waals surface area contributed by atoms with Crippen LogP contribution in [0.5, 0.6) is 0 Å². The van der Waals surface area contributed by atoms with Crippen LogP contribution in [0.15, 0.2) is 46.3 Å². The zero-order valence-corrected chi connectivity index (χ0v) is 17.1. The molecule has 150 valence electrons. The molecule has 0 amide bonds. The molecule has 0 aliphatic rings. The van der Waals surface area contributed by atoms with Gasteiger partial charge in [-0.25, -0.2) is 4.99 Å². The molecular formula is C21H23F3N2OS. The SMILES string of the molecule is CCN(C)C=Nc1cc(C)c(C(=O)CSc2cccc(C(F)(F)F)c2)cc1C. The van der Waals surface area contributed by atoms with Crippen molar-refractivity contribution in [3.63, 3.8) is 0 Å². The first-order valence-corrected chi connectivity index (χ1v) is 9.79. The molecule has 0 bridgehead atoms. The van der Waals surface area contributed by atoms with Crippen molar-refractivity contribution in [2.45, 2.75) is 31.8 Å². The third-order valence-corrected chi connectivity index (χ3v) is 5.26. The number of carbonyl (C=O) groups is 1. The molecule has 2 rings (SSSR count). The monoisotopic (exact) mass is 408 g/mol. The fourth-order valence-corrected chi connectivity index (χ4v) is 3.31. The van der Waals surface area contributed by atoms with Gasteiger partial charge in [0.2, 0.25) is 0 Å². The first-order valence-electron chi connectivity index (χ1n) is 8.80. The molecular weight excluding hydrogens is 385 g/mol. The summed E-state index contributed by atoms with van der Waals surface area (Å²) in [5.41, 5.74) is 2.32. The lowest BCUT2D eigenvalue weighted by atomic mass is 10.0. The first kappa shape index (κ1) is 22.0. The molecule has 0 heterocycles. The Morgan fingerprint density at radius 3 is 2.54 bits per heavy atom. The summed E-state index contributed by atoms with van der Waals surface area (Å²) in [4.78, 5) is 19.4. The van der Waals surface area contributed by atoms with E-state index in [0.29, 0.717) is 10.5 Å². The predicted octanol–water partition coefficient (Wildman–Crippen LogP) is 5.91. The molecule has 7 heteroatoms. The lowest BCUT2D eigenvalue weighted by Gasteiger charge is -2.12. The summed E-state index contributed by atoms with van der Waals surface area (Å²) >= 11 is 1.10. The number of halogens is 3. The average molecular weight is 408 g/mol. The van der Waals surface area contributed by atoms with Crippen LogP contribution in [0.3, 0.4) is 0 Å². The molecule has 0 aromatic heterocycles. The van der Waals surface area contributed by atoms with Gasteiger partial charge in [0, 0.05) is 24.1 Å². The highest BCUT2D eigenvalue weighted by Gasteiger charge is 2.30. The van der Waals surface area contributed by atoms with E-state index < -0.39 is 11.7 Å². The highest BCUT2D eigenvalue weighted by Crippen LogP contribution is 2.32. The van der Waals surface area contributed by atoms with E-state index in [1.165, 1.54) is 6.07 Å². The Labute approximate surface area is 167 Å². The second kappa shape index (κ2) is 9.28. The van der Waals surface area contributed by atoms with Crippen molar-refractivity contribution in [1.29, 1.82) is 0 Å². The van der Waals surface area contributed by atoms with Crippen LogP contribution in [0.4, 0.5) is 18.9 Å². The van der Waals surface area contributed by atoms with Gasteiger partial charge in [0.1, 0.15) is 0 Å². The van der Waals surface area contributed by atoms with E-state index in [9.17, 15) is 18.0 Å². The van der Waals surface area contributed by atoms with E-state index in [4.69, 9.17) is 0 Å². The Hall–Kier alpha value is -2.28. The zero-order valence-electron chi connectivity index (χ0n) is 16.3. The van der Waals surface area contributed by atoms with E-state index in [0.717, 1.165) is 47.3 Å². The maximum atomic E-state index is 12.8. The Balaban J connectivity index is 2.13. The van der Waals surface area contributed by atoms with Crippen molar-refractivity contribution < 1.29 is 18.0 Å². The standard InChI is InChI=1S/C21H23F3N2OS/c1-5-26(4)13-25-19-10-14(2)18(9-15(19)3)20(27)12-28-17-8-6-7-16(11-17)21(22,23)24/h6-11,13H,5,12H2,1-4H3. The number of nitrogens with zero attached hydrogens (tertiary/aromatic N) is 2. The van der Waals surface area contributed by atoms with Crippen LogP contribution in [0, 0.1) is 13.8 Å². The smallest absolute Gasteiger partial charge is 0.366 e. The summed E-state index contributed by atoms with van der Waals surface area (Å²) in [5, 5.41) is 0. The highest BCUT2D eigenvalue weighted by atomic mass is 32.2. The number of ketones is 1. The summed E-state index contributed by atoms with van der Waals surface area (Å²) in [6.45, 7) is 6.58. The number of aryl methyl sites for hydroxylation is 2.